The zero-order valence-corrected chi connectivity index (χ0v) is 20.5. The minimum atomic E-state index is -3.66. The Kier molecular flexibility index (Phi) is 6.62. The van der Waals surface area contributed by atoms with Gasteiger partial charge in [-0.05, 0) is 24.1 Å². The number of carbonyl (C=O) groups excluding carboxylic acids is 2. The third-order valence-electron chi connectivity index (χ3n) is 6.41. The number of ether oxygens (including phenoxy) is 1. The molecule has 11 nitrogen and oxygen atoms in total. The molecule has 0 aromatic heterocycles. The molecule has 0 bridgehead atoms. The van der Waals surface area contributed by atoms with Crippen LogP contribution in [0.25, 0.3) is 0 Å². The maximum absolute atomic E-state index is 15.2. The van der Waals surface area contributed by atoms with Gasteiger partial charge in [0.1, 0.15) is 18.5 Å². The van der Waals surface area contributed by atoms with Gasteiger partial charge in [-0.2, -0.15) is 8.42 Å². The van der Waals surface area contributed by atoms with E-state index in [1.54, 1.807) is 36.0 Å². The molecule has 4 rings (SSSR count). The van der Waals surface area contributed by atoms with Gasteiger partial charge in [-0.25, -0.2) is 14.0 Å². The normalized spacial score (nSPS) is 26.6. The summed E-state index contributed by atoms with van der Waals surface area (Å²) in [7, 11) is -0.128. The Bertz CT molecular complexity index is 1060. The fraction of sp³-hybridized carbons (Fsp3) is 0.619. The van der Waals surface area contributed by atoms with E-state index < -0.39 is 28.1 Å². The maximum Gasteiger partial charge on any atom is 0.414 e. The molecule has 0 unspecified atom stereocenters. The number of hydrogen-bond acceptors (Lipinski definition) is 8. The standard InChI is InChI=1S/C21H30FN5O6S/c1-14-8-25(10-19(14)26-12-23(2)20(28)24(3)13-26)18-6-5-15(7-17(18)22)27-9-16(33-21(27)29)11-32-34(4,30)31/h5-7,14,16,19H,8-13H2,1-4H3/t14-,16-,19+/m1/s1. The third-order valence-corrected chi connectivity index (χ3v) is 6.97. The van der Waals surface area contributed by atoms with E-state index in [0.29, 0.717) is 37.8 Å². The third kappa shape index (κ3) is 5.05. The highest BCUT2D eigenvalue weighted by Gasteiger charge is 2.39. The molecule has 1 aromatic rings. The van der Waals surface area contributed by atoms with Crippen LogP contribution in [0, 0.1) is 11.7 Å². The van der Waals surface area contributed by atoms with Gasteiger partial charge in [0.2, 0.25) is 0 Å². The number of cyclic esters (lactones) is 1. The minimum Gasteiger partial charge on any atom is -0.441 e. The number of rotatable bonds is 6. The van der Waals surface area contributed by atoms with Gasteiger partial charge in [-0.15, -0.1) is 0 Å². The summed E-state index contributed by atoms with van der Waals surface area (Å²) in [6.07, 6.45) is -0.532. The quantitative estimate of drug-likeness (QED) is 0.538. The molecule has 0 N–H and O–H groups in total. The molecule has 188 valence electrons. The Morgan fingerprint density at radius 3 is 2.41 bits per heavy atom. The van der Waals surface area contributed by atoms with Gasteiger partial charge in [0.05, 0.1) is 37.5 Å². The Hall–Kier alpha value is -2.64. The van der Waals surface area contributed by atoms with E-state index in [4.69, 9.17) is 8.92 Å². The highest BCUT2D eigenvalue weighted by Crippen LogP contribution is 2.33. The first-order valence-corrected chi connectivity index (χ1v) is 12.8. The van der Waals surface area contributed by atoms with Crippen LogP contribution in [0.1, 0.15) is 6.92 Å². The molecular weight excluding hydrogens is 469 g/mol. The molecule has 0 saturated carbocycles. The van der Waals surface area contributed by atoms with Crippen molar-refractivity contribution in [3.05, 3.63) is 24.0 Å². The maximum atomic E-state index is 15.2. The number of carbonyl (C=O) groups is 2. The number of nitrogens with zero attached hydrogens (tertiary/aromatic N) is 5. The summed E-state index contributed by atoms with van der Waals surface area (Å²) in [4.78, 5) is 33.1. The summed E-state index contributed by atoms with van der Waals surface area (Å²) in [5, 5.41) is 0. The Morgan fingerprint density at radius 2 is 1.79 bits per heavy atom. The van der Waals surface area contributed by atoms with E-state index >= 15 is 4.39 Å². The SMILES string of the molecule is C[C@@H]1CN(c2ccc(N3C[C@H](COS(C)(=O)=O)OC3=O)cc2F)C[C@@H]1N1CN(C)C(=O)N(C)C1. The molecule has 3 saturated heterocycles. The van der Waals surface area contributed by atoms with Crippen LogP contribution >= 0.6 is 0 Å². The van der Waals surface area contributed by atoms with Crippen LogP contribution in [0.2, 0.25) is 0 Å². The first-order valence-electron chi connectivity index (χ1n) is 11.0. The van der Waals surface area contributed by atoms with Crippen molar-refractivity contribution in [3.63, 3.8) is 0 Å². The largest absolute Gasteiger partial charge is 0.441 e. The second kappa shape index (κ2) is 9.19. The summed E-state index contributed by atoms with van der Waals surface area (Å²) < 4.78 is 47.3. The summed E-state index contributed by atoms with van der Waals surface area (Å²) in [5.74, 6) is -0.199. The molecule has 3 aliphatic rings. The lowest BCUT2D eigenvalue weighted by Crippen LogP contribution is -2.59. The molecule has 3 amide bonds. The van der Waals surface area contributed by atoms with E-state index in [1.165, 1.54) is 11.0 Å². The molecular formula is C21H30FN5O6S. The zero-order chi connectivity index (χ0) is 24.8. The molecule has 0 spiro atoms. The summed E-state index contributed by atoms with van der Waals surface area (Å²) in [6, 6.07) is 4.71. The molecule has 13 heteroatoms. The van der Waals surface area contributed by atoms with Crippen molar-refractivity contribution in [2.75, 3.05) is 69.7 Å². The van der Waals surface area contributed by atoms with Gasteiger partial charge in [-0.1, -0.05) is 6.92 Å². The second-order valence-corrected chi connectivity index (χ2v) is 10.9. The van der Waals surface area contributed by atoms with Crippen LogP contribution in [-0.4, -0.2) is 107 Å². The topological polar surface area (TPSA) is 103 Å². The van der Waals surface area contributed by atoms with Crippen molar-refractivity contribution >= 4 is 33.6 Å². The number of urea groups is 1. The highest BCUT2D eigenvalue weighted by molar-refractivity contribution is 7.85. The highest BCUT2D eigenvalue weighted by atomic mass is 32.2. The molecule has 3 heterocycles. The van der Waals surface area contributed by atoms with Gasteiger partial charge < -0.3 is 19.4 Å². The lowest BCUT2D eigenvalue weighted by Gasteiger charge is -2.42. The lowest BCUT2D eigenvalue weighted by molar-refractivity contribution is 0.0233. The van der Waals surface area contributed by atoms with Crippen LogP contribution in [0.15, 0.2) is 18.2 Å². The van der Waals surface area contributed by atoms with Crippen LogP contribution in [0.4, 0.5) is 25.4 Å². The summed E-state index contributed by atoms with van der Waals surface area (Å²) >= 11 is 0. The number of anilines is 2. The first-order chi connectivity index (χ1) is 15.9. The van der Waals surface area contributed by atoms with Crippen molar-refractivity contribution in [2.24, 2.45) is 5.92 Å². The smallest absolute Gasteiger partial charge is 0.414 e. The van der Waals surface area contributed by atoms with Gasteiger partial charge in [-0.3, -0.25) is 14.0 Å². The number of benzene rings is 1. The molecule has 3 fully saturated rings. The van der Waals surface area contributed by atoms with Crippen LogP contribution in [0.3, 0.4) is 0 Å². The van der Waals surface area contributed by atoms with E-state index in [9.17, 15) is 18.0 Å². The molecule has 34 heavy (non-hydrogen) atoms. The monoisotopic (exact) mass is 499 g/mol. The molecule has 0 radical (unpaired) electrons. The molecule has 3 atom stereocenters. The van der Waals surface area contributed by atoms with Crippen LogP contribution in [-0.2, 0) is 19.0 Å². The van der Waals surface area contributed by atoms with Gasteiger partial charge in [0, 0.05) is 33.2 Å². The first kappa shape index (κ1) is 24.5. The average Bonchev–Trinajstić information content (AvgIpc) is 3.32. The van der Waals surface area contributed by atoms with Gasteiger partial charge >= 0.3 is 12.1 Å². The lowest BCUT2D eigenvalue weighted by atomic mass is 10.1. The Labute approximate surface area is 198 Å². The number of hydrogen-bond donors (Lipinski definition) is 0. The Balaban J connectivity index is 1.43. The zero-order valence-electron chi connectivity index (χ0n) is 19.7. The number of amides is 3. The molecule has 0 aliphatic carbocycles. The second-order valence-electron chi connectivity index (χ2n) is 9.24. The van der Waals surface area contributed by atoms with E-state index in [-0.39, 0.29) is 31.1 Å². The van der Waals surface area contributed by atoms with E-state index in [1.807, 2.05) is 4.90 Å². The van der Waals surface area contributed by atoms with Crippen molar-refractivity contribution < 1.29 is 31.3 Å². The predicted octanol–water partition coefficient (Wildman–Crippen LogP) is 1.17. The van der Waals surface area contributed by atoms with Crippen molar-refractivity contribution in [2.45, 2.75) is 19.1 Å². The van der Waals surface area contributed by atoms with E-state index in [0.717, 1.165) is 6.26 Å². The fourth-order valence-electron chi connectivity index (χ4n) is 4.77. The summed E-state index contributed by atoms with van der Waals surface area (Å²) in [5.41, 5.74) is 0.770. The molecule has 1 aromatic carbocycles. The minimum absolute atomic E-state index is 0.0223. The summed E-state index contributed by atoms with van der Waals surface area (Å²) in [6.45, 7) is 4.21. The fourth-order valence-corrected chi connectivity index (χ4v) is 5.17. The number of halogens is 1. The van der Waals surface area contributed by atoms with Crippen molar-refractivity contribution in [3.8, 4) is 0 Å². The molecule has 3 aliphatic heterocycles. The van der Waals surface area contributed by atoms with Crippen LogP contribution < -0.4 is 9.80 Å². The van der Waals surface area contributed by atoms with Crippen LogP contribution in [0.5, 0.6) is 0 Å². The van der Waals surface area contributed by atoms with Gasteiger partial charge in [0.25, 0.3) is 10.1 Å². The van der Waals surface area contributed by atoms with E-state index in [2.05, 4.69) is 11.8 Å². The van der Waals surface area contributed by atoms with Gasteiger partial charge in [0.15, 0.2) is 0 Å². The predicted molar refractivity (Wildman–Crippen MR) is 122 cm³/mol. The van der Waals surface area contributed by atoms with Crippen molar-refractivity contribution in [1.82, 2.24) is 14.7 Å². The average molecular weight is 500 g/mol. The Morgan fingerprint density at radius 1 is 1.12 bits per heavy atom. The van der Waals surface area contributed by atoms with Crippen molar-refractivity contribution in [1.29, 1.82) is 0 Å².